The van der Waals surface area contributed by atoms with Gasteiger partial charge in [0.2, 0.25) is 0 Å². The number of nitrogens with zero attached hydrogens (tertiary/aromatic N) is 4. The molecule has 1 atom stereocenters. The molecule has 158 valence electrons. The third-order valence-electron chi connectivity index (χ3n) is 5.99. The summed E-state index contributed by atoms with van der Waals surface area (Å²) < 4.78 is 1.24. The number of rotatable bonds is 5. The summed E-state index contributed by atoms with van der Waals surface area (Å²) in [7, 11) is 0. The lowest BCUT2D eigenvalue weighted by Gasteiger charge is -2.27. The Morgan fingerprint density at radius 1 is 1.13 bits per heavy atom. The zero-order valence-corrected chi connectivity index (χ0v) is 19.3. The summed E-state index contributed by atoms with van der Waals surface area (Å²) >= 11 is 3.28. The van der Waals surface area contributed by atoms with Gasteiger partial charge in [0, 0.05) is 49.2 Å². The standard InChI is InChI=1S/C24H24N4OS2/c1-15(29)9-24-26-13-23(31-24)19-10-18-5-7-28(8-6-20(18)25-12-19)16(2)17-3-4-22-21(11-17)27-14-30-22/h3-4,10-14,16H,5-9H2,1-2H3/t16-/m1/s1. The van der Waals surface area contributed by atoms with Gasteiger partial charge in [-0.3, -0.25) is 14.7 Å². The van der Waals surface area contributed by atoms with Crippen LogP contribution in [0, 0.1) is 0 Å². The van der Waals surface area contributed by atoms with Gasteiger partial charge >= 0.3 is 0 Å². The highest BCUT2D eigenvalue weighted by Gasteiger charge is 2.21. The molecule has 0 unspecified atom stereocenters. The van der Waals surface area contributed by atoms with Crippen molar-refractivity contribution >= 4 is 38.7 Å². The lowest BCUT2D eigenvalue weighted by molar-refractivity contribution is -0.116. The Labute approximate surface area is 189 Å². The average molecular weight is 449 g/mol. The summed E-state index contributed by atoms with van der Waals surface area (Å²) in [4.78, 5) is 28.7. The van der Waals surface area contributed by atoms with Crippen molar-refractivity contribution in [1.29, 1.82) is 0 Å². The fourth-order valence-electron chi connectivity index (χ4n) is 4.21. The maximum absolute atomic E-state index is 11.4. The molecular weight excluding hydrogens is 424 g/mol. The summed E-state index contributed by atoms with van der Waals surface area (Å²) in [5, 5.41) is 0.870. The minimum atomic E-state index is 0.143. The molecule has 0 saturated carbocycles. The van der Waals surface area contributed by atoms with Crippen LogP contribution in [0.2, 0.25) is 0 Å². The van der Waals surface area contributed by atoms with E-state index in [0.717, 1.165) is 46.9 Å². The molecule has 31 heavy (non-hydrogen) atoms. The zero-order chi connectivity index (χ0) is 21.4. The molecule has 0 radical (unpaired) electrons. The summed E-state index contributed by atoms with van der Waals surface area (Å²) in [6.07, 6.45) is 6.17. The normalized spacial score (nSPS) is 15.5. The van der Waals surface area contributed by atoms with Crippen LogP contribution in [-0.4, -0.2) is 38.7 Å². The first-order chi connectivity index (χ1) is 15.1. The van der Waals surface area contributed by atoms with Gasteiger partial charge in [-0.25, -0.2) is 9.97 Å². The number of fused-ring (bicyclic) bond motifs is 2. The predicted molar refractivity (Wildman–Crippen MR) is 127 cm³/mol. The van der Waals surface area contributed by atoms with E-state index in [1.165, 1.54) is 21.5 Å². The molecule has 1 aromatic carbocycles. The summed E-state index contributed by atoms with van der Waals surface area (Å²) in [5.74, 6) is 0.143. The molecule has 0 saturated heterocycles. The van der Waals surface area contributed by atoms with Crippen molar-refractivity contribution in [3.8, 4) is 10.4 Å². The SMILES string of the molecule is CC(=O)Cc1ncc(-c2cnc3c(c2)CCN([C@H](C)c2ccc4scnc4c2)CC3)s1. The molecule has 5 rings (SSSR count). The lowest BCUT2D eigenvalue weighted by Crippen LogP contribution is -2.29. The maximum Gasteiger partial charge on any atom is 0.136 e. The Morgan fingerprint density at radius 3 is 2.87 bits per heavy atom. The Kier molecular flexibility index (Phi) is 5.65. The van der Waals surface area contributed by atoms with Crippen LogP contribution in [0.3, 0.4) is 0 Å². The molecule has 0 spiro atoms. The van der Waals surface area contributed by atoms with Gasteiger partial charge in [0.15, 0.2) is 0 Å². The largest absolute Gasteiger partial charge is 0.300 e. The van der Waals surface area contributed by atoms with Crippen molar-refractivity contribution in [3.05, 3.63) is 64.0 Å². The number of carbonyl (C=O) groups excluding carboxylic acids is 1. The van der Waals surface area contributed by atoms with Crippen molar-refractivity contribution in [1.82, 2.24) is 19.9 Å². The lowest BCUT2D eigenvalue weighted by atomic mass is 10.1. The maximum atomic E-state index is 11.4. The molecule has 7 heteroatoms. The molecule has 0 N–H and O–H groups in total. The van der Waals surface area contributed by atoms with Crippen molar-refractivity contribution in [2.45, 2.75) is 39.2 Å². The smallest absolute Gasteiger partial charge is 0.136 e. The number of Topliss-reactive ketones (excluding diaryl/α,β-unsaturated/α-hetero) is 1. The van der Waals surface area contributed by atoms with Crippen molar-refractivity contribution in [2.75, 3.05) is 13.1 Å². The quantitative estimate of drug-likeness (QED) is 0.425. The van der Waals surface area contributed by atoms with Crippen LogP contribution in [0.1, 0.15) is 41.7 Å². The number of benzene rings is 1. The van der Waals surface area contributed by atoms with Crippen LogP contribution < -0.4 is 0 Å². The molecule has 4 heterocycles. The van der Waals surface area contributed by atoms with E-state index in [0.29, 0.717) is 12.5 Å². The molecule has 0 aliphatic carbocycles. The number of ketones is 1. The minimum Gasteiger partial charge on any atom is -0.300 e. The number of carbonyl (C=O) groups is 1. The molecular formula is C24H24N4OS2. The van der Waals surface area contributed by atoms with Crippen molar-refractivity contribution < 1.29 is 4.79 Å². The third-order valence-corrected chi connectivity index (χ3v) is 7.84. The predicted octanol–water partition coefficient (Wildman–Crippen LogP) is 5.11. The summed E-state index contributed by atoms with van der Waals surface area (Å²) in [6.45, 7) is 5.90. The molecule has 1 aliphatic heterocycles. The topological polar surface area (TPSA) is 59.0 Å². The number of hydrogen-bond acceptors (Lipinski definition) is 7. The second-order valence-corrected chi connectivity index (χ2v) is 10.1. The average Bonchev–Trinajstić information content (AvgIpc) is 3.37. The first-order valence-electron chi connectivity index (χ1n) is 10.6. The first kappa shape index (κ1) is 20.4. The van der Waals surface area contributed by atoms with Gasteiger partial charge in [0.1, 0.15) is 10.8 Å². The van der Waals surface area contributed by atoms with Gasteiger partial charge in [-0.05, 0) is 49.6 Å². The third kappa shape index (κ3) is 4.31. The number of aromatic nitrogens is 3. The number of pyridine rings is 1. The Balaban J connectivity index is 1.33. The molecule has 0 bridgehead atoms. The van der Waals surface area contributed by atoms with Gasteiger partial charge in [-0.1, -0.05) is 6.07 Å². The zero-order valence-electron chi connectivity index (χ0n) is 17.7. The number of thiazole rings is 2. The molecule has 1 aliphatic rings. The molecule has 4 aromatic rings. The first-order valence-corrected chi connectivity index (χ1v) is 12.3. The van der Waals surface area contributed by atoms with E-state index in [1.807, 2.05) is 17.9 Å². The molecule has 0 amide bonds. The molecule has 0 fully saturated rings. The van der Waals surface area contributed by atoms with Crippen LogP contribution in [-0.2, 0) is 24.1 Å². The van der Waals surface area contributed by atoms with Crippen molar-refractivity contribution in [3.63, 3.8) is 0 Å². The Hall–Kier alpha value is -2.48. The van der Waals surface area contributed by atoms with Gasteiger partial charge in [-0.15, -0.1) is 22.7 Å². The van der Waals surface area contributed by atoms with Gasteiger partial charge < -0.3 is 0 Å². The second-order valence-electron chi connectivity index (χ2n) is 8.12. The Bertz CT molecular complexity index is 1250. The Morgan fingerprint density at radius 2 is 2.00 bits per heavy atom. The fraction of sp³-hybridized carbons (Fsp3) is 0.333. The van der Waals surface area contributed by atoms with Crippen molar-refractivity contribution in [2.24, 2.45) is 0 Å². The van der Waals surface area contributed by atoms with Crippen LogP contribution in [0.5, 0.6) is 0 Å². The van der Waals surface area contributed by atoms with E-state index in [1.54, 1.807) is 29.6 Å². The van der Waals surface area contributed by atoms with Crippen LogP contribution >= 0.6 is 22.7 Å². The van der Waals surface area contributed by atoms with E-state index in [9.17, 15) is 4.79 Å². The van der Waals surface area contributed by atoms with Crippen LogP contribution in [0.25, 0.3) is 20.7 Å². The van der Waals surface area contributed by atoms with Crippen LogP contribution in [0.4, 0.5) is 0 Å². The van der Waals surface area contributed by atoms with E-state index in [4.69, 9.17) is 4.98 Å². The van der Waals surface area contributed by atoms with Gasteiger partial charge in [0.25, 0.3) is 0 Å². The molecule has 5 nitrogen and oxygen atoms in total. The highest BCUT2D eigenvalue weighted by Crippen LogP contribution is 2.30. The highest BCUT2D eigenvalue weighted by molar-refractivity contribution is 7.16. The fourth-order valence-corrected chi connectivity index (χ4v) is 5.84. The van der Waals surface area contributed by atoms with Gasteiger partial charge in [-0.2, -0.15) is 0 Å². The van der Waals surface area contributed by atoms with Crippen LogP contribution in [0.15, 0.2) is 42.2 Å². The van der Waals surface area contributed by atoms with E-state index in [2.05, 4.69) is 46.1 Å². The summed E-state index contributed by atoms with van der Waals surface area (Å²) in [6, 6.07) is 9.27. The van der Waals surface area contributed by atoms with E-state index >= 15 is 0 Å². The number of hydrogen-bond donors (Lipinski definition) is 0. The van der Waals surface area contributed by atoms with E-state index < -0.39 is 0 Å². The highest BCUT2D eigenvalue weighted by atomic mass is 32.1. The molecule has 3 aromatic heterocycles. The monoisotopic (exact) mass is 448 g/mol. The van der Waals surface area contributed by atoms with Gasteiger partial charge in [0.05, 0.1) is 27.0 Å². The van der Waals surface area contributed by atoms with E-state index in [-0.39, 0.29) is 5.78 Å². The summed E-state index contributed by atoms with van der Waals surface area (Å²) in [5.41, 5.74) is 7.94. The minimum absolute atomic E-state index is 0.143. The second kappa shape index (κ2) is 8.57.